The average Bonchev–Trinajstić information content (AvgIpc) is 2.28. The molecule has 1 heterocycles. The summed E-state index contributed by atoms with van der Waals surface area (Å²) in [6.45, 7) is 3.96. The van der Waals surface area contributed by atoms with Gasteiger partial charge in [-0.1, -0.05) is 13.8 Å². The van der Waals surface area contributed by atoms with Crippen molar-refractivity contribution >= 4 is 11.8 Å². The first-order valence-electron chi connectivity index (χ1n) is 5.63. The summed E-state index contributed by atoms with van der Waals surface area (Å²) in [5.74, 6) is -0.310. The van der Waals surface area contributed by atoms with Crippen LogP contribution in [0.15, 0.2) is 10.9 Å². The highest BCUT2D eigenvalue weighted by molar-refractivity contribution is 5.70. The first-order chi connectivity index (χ1) is 8.06. The Kier molecular flexibility index (Phi) is 4.68. The molecule has 0 fully saturated rings. The van der Waals surface area contributed by atoms with Crippen LogP contribution in [0.5, 0.6) is 0 Å². The molecule has 1 rings (SSSR count). The molecule has 3 N–H and O–H groups in total. The Bertz CT molecular complexity index is 442. The summed E-state index contributed by atoms with van der Waals surface area (Å²) in [5.41, 5.74) is -0.234. The van der Waals surface area contributed by atoms with E-state index in [1.807, 2.05) is 13.8 Å². The number of aromatic amines is 1. The Hall–Kier alpha value is -1.85. The van der Waals surface area contributed by atoms with E-state index in [0.717, 1.165) is 0 Å². The summed E-state index contributed by atoms with van der Waals surface area (Å²) >= 11 is 0. The van der Waals surface area contributed by atoms with Gasteiger partial charge in [0.05, 0.1) is 5.92 Å². The Balaban J connectivity index is 2.71. The lowest BCUT2D eigenvalue weighted by Gasteiger charge is -2.11. The van der Waals surface area contributed by atoms with Gasteiger partial charge in [-0.3, -0.25) is 9.59 Å². The molecule has 6 heteroatoms. The molecular formula is C11H17N3O3. The molecule has 0 aromatic carbocycles. The second-order valence-corrected chi connectivity index (χ2v) is 3.76. The van der Waals surface area contributed by atoms with Gasteiger partial charge in [0.2, 0.25) is 0 Å². The molecule has 1 unspecified atom stereocenters. The van der Waals surface area contributed by atoms with Crippen LogP contribution >= 0.6 is 0 Å². The van der Waals surface area contributed by atoms with Crippen LogP contribution in [0.25, 0.3) is 0 Å². The molecule has 1 atom stereocenters. The van der Waals surface area contributed by atoms with Gasteiger partial charge in [0.25, 0.3) is 5.56 Å². The monoisotopic (exact) mass is 239 g/mol. The summed E-state index contributed by atoms with van der Waals surface area (Å²) in [6.07, 6.45) is 1.16. The molecule has 1 aromatic heterocycles. The van der Waals surface area contributed by atoms with Crippen molar-refractivity contribution in [1.29, 1.82) is 0 Å². The standard InChI is InChI=1S/C11H17N3O3/c1-3-7(11(16)17)6-12-9-5-10(15)14-8(4-2)13-9/h5,7H,3-4,6H2,1-2H3,(H,16,17)(H2,12,13,14,15). The van der Waals surface area contributed by atoms with E-state index in [4.69, 9.17) is 5.11 Å². The van der Waals surface area contributed by atoms with Crippen molar-refractivity contribution in [3.8, 4) is 0 Å². The number of carbonyl (C=O) groups is 1. The second-order valence-electron chi connectivity index (χ2n) is 3.76. The number of anilines is 1. The topological polar surface area (TPSA) is 95.1 Å². The zero-order valence-corrected chi connectivity index (χ0v) is 9.99. The lowest BCUT2D eigenvalue weighted by molar-refractivity contribution is -0.141. The molecule has 0 aliphatic heterocycles. The van der Waals surface area contributed by atoms with Crippen molar-refractivity contribution in [3.63, 3.8) is 0 Å². The lowest BCUT2D eigenvalue weighted by Crippen LogP contribution is -2.23. The molecule has 17 heavy (non-hydrogen) atoms. The van der Waals surface area contributed by atoms with Gasteiger partial charge in [0.1, 0.15) is 11.6 Å². The third kappa shape index (κ3) is 3.90. The Morgan fingerprint density at radius 1 is 1.59 bits per heavy atom. The summed E-state index contributed by atoms with van der Waals surface area (Å²) in [4.78, 5) is 28.8. The summed E-state index contributed by atoms with van der Waals surface area (Å²) < 4.78 is 0. The Morgan fingerprint density at radius 3 is 2.82 bits per heavy atom. The maximum atomic E-state index is 11.3. The molecule has 0 saturated heterocycles. The van der Waals surface area contributed by atoms with E-state index in [9.17, 15) is 9.59 Å². The number of aromatic nitrogens is 2. The smallest absolute Gasteiger partial charge is 0.308 e. The lowest BCUT2D eigenvalue weighted by atomic mass is 10.1. The van der Waals surface area contributed by atoms with Gasteiger partial charge in [-0.2, -0.15) is 0 Å². The quantitative estimate of drug-likeness (QED) is 0.684. The molecule has 0 bridgehead atoms. The second kappa shape index (κ2) is 6.03. The zero-order valence-electron chi connectivity index (χ0n) is 9.99. The fraction of sp³-hybridized carbons (Fsp3) is 0.545. The van der Waals surface area contributed by atoms with E-state index in [1.54, 1.807) is 0 Å². The number of nitrogens with one attached hydrogen (secondary N) is 2. The van der Waals surface area contributed by atoms with Gasteiger partial charge in [-0.05, 0) is 6.42 Å². The summed E-state index contributed by atoms with van der Waals surface area (Å²) in [5, 5.41) is 11.8. The van der Waals surface area contributed by atoms with E-state index >= 15 is 0 Å². The van der Waals surface area contributed by atoms with Crippen LogP contribution in [0, 0.1) is 5.92 Å². The fourth-order valence-electron chi connectivity index (χ4n) is 1.40. The fourth-order valence-corrected chi connectivity index (χ4v) is 1.40. The van der Waals surface area contributed by atoms with Crippen molar-refractivity contribution in [2.75, 3.05) is 11.9 Å². The summed E-state index contributed by atoms with van der Waals surface area (Å²) in [7, 11) is 0. The number of hydrogen-bond donors (Lipinski definition) is 3. The normalized spacial score (nSPS) is 12.1. The Labute approximate surface area is 99.1 Å². The number of rotatable bonds is 6. The van der Waals surface area contributed by atoms with E-state index in [2.05, 4.69) is 15.3 Å². The zero-order chi connectivity index (χ0) is 12.8. The third-order valence-corrected chi connectivity index (χ3v) is 2.50. The predicted molar refractivity (Wildman–Crippen MR) is 64.1 cm³/mol. The maximum Gasteiger partial charge on any atom is 0.308 e. The van der Waals surface area contributed by atoms with Crippen LogP contribution in [0.4, 0.5) is 5.82 Å². The third-order valence-electron chi connectivity index (χ3n) is 2.50. The minimum atomic E-state index is -0.847. The Morgan fingerprint density at radius 2 is 2.29 bits per heavy atom. The van der Waals surface area contributed by atoms with Crippen molar-refractivity contribution < 1.29 is 9.90 Å². The van der Waals surface area contributed by atoms with Crippen molar-refractivity contribution in [1.82, 2.24) is 9.97 Å². The van der Waals surface area contributed by atoms with E-state index in [1.165, 1.54) is 6.07 Å². The van der Waals surface area contributed by atoms with Crippen LogP contribution in [0.3, 0.4) is 0 Å². The van der Waals surface area contributed by atoms with E-state index in [0.29, 0.717) is 24.5 Å². The van der Waals surface area contributed by atoms with E-state index in [-0.39, 0.29) is 12.1 Å². The number of carboxylic acid groups (broad SMARTS) is 1. The van der Waals surface area contributed by atoms with Crippen molar-refractivity contribution in [2.24, 2.45) is 5.92 Å². The highest BCUT2D eigenvalue weighted by Crippen LogP contribution is 2.05. The SMILES string of the molecule is CCc1nc(NCC(CC)C(=O)O)cc(=O)[nH]1. The average molecular weight is 239 g/mol. The number of carboxylic acids is 1. The predicted octanol–water partition coefficient (Wildman–Crippen LogP) is 0.855. The number of aryl methyl sites for hydroxylation is 1. The van der Waals surface area contributed by atoms with E-state index < -0.39 is 11.9 Å². The van der Waals surface area contributed by atoms with Crippen LogP contribution in [0.2, 0.25) is 0 Å². The first kappa shape index (κ1) is 13.2. The summed E-state index contributed by atoms with van der Waals surface area (Å²) in [6, 6.07) is 1.33. The van der Waals surface area contributed by atoms with Gasteiger partial charge in [-0.15, -0.1) is 0 Å². The van der Waals surface area contributed by atoms with Crippen LogP contribution in [-0.2, 0) is 11.2 Å². The van der Waals surface area contributed by atoms with Gasteiger partial charge in [0, 0.05) is 19.0 Å². The minimum absolute atomic E-state index is 0.234. The van der Waals surface area contributed by atoms with Gasteiger partial charge < -0.3 is 15.4 Å². The van der Waals surface area contributed by atoms with Crippen molar-refractivity contribution in [3.05, 3.63) is 22.2 Å². The first-order valence-corrected chi connectivity index (χ1v) is 5.63. The molecule has 6 nitrogen and oxygen atoms in total. The van der Waals surface area contributed by atoms with Gasteiger partial charge in [-0.25, -0.2) is 4.98 Å². The number of hydrogen-bond acceptors (Lipinski definition) is 4. The minimum Gasteiger partial charge on any atom is -0.481 e. The van der Waals surface area contributed by atoms with Crippen LogP contribution < -0.4 is 10.9 Å². The molecule has 0 saturated carbocycles. The van der Waals surface area contributed by atoms with Gasteiger partial charge >= 0.3 is 5.97 Å². The number of nitrogens with zero attached hydrogens (tertiary/aromatic N) is 1. The molecule has 1 aromatic rings. The molecule has 0 amide bonds. The van der Waals surface area contributed by atoms with Crippen LogP contribution in [0.1, 0.15) is 26.1 Å². The molecule has 0 aliphatic carbocycles. The molecule has 0 radical (unpaired) electrons. The largest absolute Gasteiger partial charge is 0.481 e. The highest BCUT2D eigenvalue weighted by atomic mass is 16.4. The maximum absolute atomic E-state index is 11.3. The highest BCUT2D eigenvalue weighted by Gasteiger charge is 2.14. The molecule has 0 spiro atoms. The molecule has 94 valence electrons. The number of H-pyrrole nitrogens is 1. The molecule has 0 aliphatic rings. The number of aliphatic carboxylic acids is 1. The van der Waals surface area contributed by atoms with Crippen LogP contribution in [-0.4, -0.2) is 27.6 Å². The molecular weight excluding hydrogens is 222 g/mol. The van der Waals surface area contributed by atoms with Gasteiger partial charge in [0.15, 0.2) is 0 Å². The van der Waals surface area contributed by atoms with Crippen molar-refractivity contribution in [2.45, 2.75) is 26.7 Å².